The van der Waals surface area contributed by atoms with E-state index >= 15 is 0 Å². The molecule has 0 aliphatic heterocycles. The van der Waals surface area contributed by atoms with Gasteiger partial charge in [-0.1, -0.05) is 12.1 Å². The van der Waals surface area contributed by atoms with Crippen LogP contribution in [0.2, 0.25) is 0 Å². The van der Waals surface area contributed by atoms with Crippen molar-refractivity contribution >= 4 is 17.6 Å². The zero-order chi connectivity index (χ0) is 10.3. The van der Waals surface area contributed by atoms with E-state index in [0.717, 1.165) is 6.21 Å². The van der Waals surface area contributed by atoms with E-state index in [1.54, 1.807) is 18.2 Å². The molecule has 0 aliphatic carbocycles. The second-order valence-corrected chi connectivity index (χ2v) is 2.19. The van der Waals surface area contributed by atoms with Gasteiger partial charge < -0.3 is 27.6 Å². The fraction of sp³-hybridized carbons (Fsp3) is 0.125. The third-order valence-corrected chi connectivity index (χ3v) is 1.24. The summed E-state index contributed by atoms with van der Waals surface area (Å²) in [5.41, 5.74) is 16.7. The Kier molecular flexibility index (Phi) is 10.3. The van der Waals surface area contributed by atoms with Gasteiger partial charge in [0.15, 0.2) is 0 Å². The van der Waals surface area contributed by atoms with Gasteiger partial charge in [0.05, 0.1) is 0 Å². The fourth-order valence-corrected chi connectivity index (χ4v) is 0.700. The third-order valence-electron chi connectivity index (χ3n) is 1.24. The summed E-state index contributed by atoms with van der Waals surface area (Å²) in [6, 6.07) is 4.79. The Morgan fingerprint density at radius 2 is 2.07 bits per heavy atom. The first-order chi connectivity index (χ1) is 6.15. The van der Waals surface area contributed by atoms with E-state index in [2.05, 4.69) is 5.48 Å². The predicted octanol–water partition coefficient (Wildman–Crippen LogP) is 2.33. The van der Waals surface area contributed by atoms with Gasteiger partial charge in [0.1, 0.15) is 0 Å². The smallest absolute Gasteiger partial charge is 0.699 e. The monoisotopic (exact) mass is 418 g/mol. The molecule has 0 radical (unpaired) electrons. The van der Waals surface area contributed by atoms with Gasteiger partial charge in [-0.05, 0) is 6.07 Å². The molecule has 0 saturated carbocycles. The summed E-state index contributed by atoms with van der Waals surface area (Å²) < 4.78 is 0. The first-order valence-corrected chi connectivity index (χ1v) is 3.50. The van der Waals surface area contributed by atoms with E-state index < -0.39 is 0 Å². The topological polar surface area (TPSA) is 108 Å². The van der Waals surface area contributed by atoms with Crippen molar-refractivity contribution < 1.29 is 36.3 Å². The van der Waals surface area contributed by atoms with Crippen molar-refractivity contribution in [2.24, 2.45) is 0 Å². The molecule has 0 saturated heterocycles. The molecule has 14 heavy (non-hydrogen) atoms. The molecular formula is C8H12N4OU. The van der Waals surface area contributed by atoms with Crippen molar-refractivity contribution in [3.63, 3.8) is 0 Å². The minimum atomic E-state index is 0. The number of anilines is 1. The largest absolute Gasteiger partial charge is 2.00 e. The van der Waals surface area contributed by atoms with Crippen LogP contribution in [0, 0.1) is 36.5 Å². The summed E-state index contributed by atoms with van der Waals surface area (Å²) in [5.74, 6) is 0. The number of nitrogens with one attached hydrogen (secondary N) is 2. The first kappa shape index (κ1) is 15.9. The standard InChI is InChI=1S/C7H8N3.CH4NO.U/c8-4-5-3-6(9)1-2-7(5)10;1-2-3;/h1-4,8-9H,10H2;3H,1H3;/q2*-1;+2. The maximum absolute atomic E-state index is 7.19. The summed E-state index contributed by atoms with van der Waals surface area (Å²) in [6.07, 6.45) is 1.15. The summed E-state index contributed by atoms with van der Waals surface area (Å²) >= 11 is 0. The van der Waals surface area contributed by atoms with Crippen molar-refractivity contribution in [1.82, 2.24) is 0 Å². The van der Waals surface area contributed by atoms with Crippen LogP contribution in [0.1, 0.15) is 5.56 Å². The molecular weight excluding hydrogens is 406 g/mol. The molecule has 0 heterocycles. The average molecular weight is 418 g/mol. The summed E-state index contributed by atoms with van der Waals surface area (Å²) in [4.78, 5) is 0. The Morgan fingerprint density at radius 3 is 2.43 bits per heavy atom. The normalized spacial score (nSPS) is 7.86. The molecule has 0 bridgehead atoms. The number of hydrogen-bond acceptors (Lipinski definition) is 3. The molecule has 0 atom stereocenters. The van der Waals surface area contributed by atoms with E-state index in [1.807, 2.05) is 0 Å². The number of rotatable bonds is 1. The first-order valence-electron chi connectivity index (χ1n) is 3.50. The molecule has 0 unspecified atom stereocenters. The number of hydroxylamine groups is 1. The van der Waals surface area contributed by atoms with Gasteiger partial charge in [-0.15, -0.1) is 12.7 Å². The quantitative estimate of drug-likeness (QED) is 0.370. The SMILES string of the molecule is C[N-]O.N=Cc1cc([NH-])ccc1N.[U+2]. The Balaban J connectivity index is 0. The Morgan fingerprint density at radius 1 is 1.57 bits per heavy atom. The molecule has 1 aromatic rings. The van der Waals surface area contributed by atoms with E-state index in [1.165, 1.54) is 7.05 Å². The van der Waals surface area contributed by atoms with Crippen LogP contribution in [-0.4, -0.2) is 18.5 Å². The van der Waals surface area contributed by atoms with Crippen LogP contribution in [0.4, 0.5) is 11.4 Å². The van der Waals surface area contributed by atoms with Crippen LogP contribution in [0.25, 0.3) is 11.2 Å². The maximum Gasteiger partial charge on any atom is 2.00 e. The Hall–Kier alpha value is -0.538. The summed E-state index contributed by atoms with van der Waals surface area (Å²) in [6.45, 7) is 0. The van der Waals surface area contributed by atoms with Gasteiger partial charge in [-0.3, -0.25) is 0 Å². The number of hydrogen-bond donors (Lipinski definition) is 3. The van der Waals surface area contributed by atoms with Crippen LogP contribution < -0.4 is 5.73 Å². The number of nitrogens with zero attached hydrogens (tertiary/aromatic N) is 1. The van der Waals surface area contributed by atoms with Crippen LogP contribution in [0.5, 0.6) is 0 Å². The molecule has 0 aliphatic rings. The zero-order valence-electron chi connectivity index (χ0n) is 7.78. The van der Waals surface area contributed by atoms with E-state index in [0.29, 0.717) is 16.9 Å². The molecule has 1 aromatic carbocycles. The summed E-state index contributed by atoms with van der Waals surface area (Å²) in [7, 11) is 1.31. The van der Waals surface area contributed by atoms with E-state index in [4.69, 9.17) is 22.1 Å². The minimum absolute atomic E-state index is 0. The third kappa shape index (κ3) is 6.00. The Labute approximate surface area is 107 Å². The van der Waals surface area contributed by atoms with E-state index in [-0.39, 0.29) is 31.1 Å². The van der Waals surface area contributed by atoms with Crippen LogP contribution in [0.15, 0.2) is 18.2 Å². The second-order valence-electron chi connectivity index (χ2n) is 2.19. The van der Waals surface area contributed by atoms with Gasteiger partial charge in [0.25, 0.3) is 0 Å². The van der Waals surface area contributed by atoms with Crippen LogP contribution in [-0.2, 0) is 0 Å². The van der Waals surface area contributed by atoms with Gasteiger partial charge in [-0.25, -0.2) is 0 Å². The molecule has 6 heteroatoms. The van der Waals surface area contributed by atoms with Gasteiger partial charge in [-0.2, -0.15) is 0 Å². The summed E-state index contributed by atoms with van der Waals surface area (Å²) in [5, 5.41) is 14.1. The van der Waals surface area contributed by atoms with Crippen molar-refractivity contribution in [2.75, 3.05) is 12.8 Å². The molecule has 5 N–H and O–H groups in total. The average Bonchev–Trinajstić information content (AvgIpc) is 2.10. The molecule has 0 spiro atoms. The van der Waals surface area contributed by atoms with E-state index in [9.17, 15) is 0 Å². The van der Waals surface area contributed by atoms with Crippen molar-refractivity contribution in [3.8, 4) is 0 Å². The fourth-order valence-electron chi connectivity index (χ4n) is 0.700. The molecule has 0 fully saturated rings. The van der Waals surface area contributed by atoms with Crippen LogP contribution >= 0.6 is 0 Å². The molecule has 5 nitrogen and oxygen atoms in total. The number of nitrogens with two attached hydrogens (primary N) is 1. The van der Waals surface area contributed by atoms with Gasteiger partial charge in [0, 0.05) is 17.5 Å². The van der Waals surface area contributed by atoms with Gasteiger partial charge in [0.2, 0.25) is 0 Å². The maximum atomic E-state index is 7.19. The van der Waals surface area contributed by atoms with Crippen molar-refractivity contribution in [1.29, 1.82) is 5.41 Å². The molecule has 74 valence electrons. The second kappa shape index (κ2) is 9.03. The minimum Gasteiger partial charge on any atom is -0.699 e. The number of benzene rings is 1. The zero-order valence-corrected chi connectivity index (χ0v) is 11.9. The predicted molar refractivity (Wildman–Crippen MR) is 53.8 cm³/mol. The van der Waals surface area contributed by atoms with Crippen molar-refractivity contribution in [2.45, 2.75) is 0 Å². The van der Waals surface area contributed by atoms with Crippen LogP contribution in [0.3, 0.4) is 0 Å². The Bertz CT molecular complexity index is 280. The molecule has 0 amide bonds. The molecule has 0 aromatic heterocycles. The molecule has 1 rings (SSSR count). The number of nitrogen functional groups attached to an aromatic ring is 1. The van der Waals surface area contributed by atoms with Crippen molar-refractivity contribution in [3.05, 3.63) is 35.0 Å². The van der Waals surface area contributed by atoms with Gasteiger partial charge >= 0.3 is 31.1 Å².